The van der Waals surface area contributed by atoms with E-state index in [1.807, 2.05) is 27.7 Å². The summed E-state index contributed by atoms with van der Waals surface area (Å²) in [6, 6.07) is 0. The maximum Gasteiger partial charge on any atom is 0.407 e. The lowest BCUT2D eigenvalue weighted by Crippen LogP contribution is -2.32. The van der Waals surface area contributed by atoms with Crippen LogP contribution in [-0.2, 0) is 9.53 Å². The van der Waals surface area contributed by atoms with E-state index in [0.29, 0.717) is 19.6 Å². The fourth-order valence-electron chi connectivity index (χ4n) is 2.50. The number of amides is 1. The van der Waals surface area contributed by atoms with Crippen molar-refractivity contribution in [1.82, 2.24) is 5.32 Å². The molecule has 0 bridgehead atoms. The molecular formula is C18H31NO4. The average molecular weight is 325 g/mol. The third-order valence-electron chi connectivity index (χ3n) is 3.66. The van der Waals surface area contributed by atoms with Crippen LogP contribution < -0.4 is 5.32 Å². The van der Waals surface area contributed by atoms with Gasteiger partial charge < -0.3 is 15.2 Å². The van der Waals surface area contributed by atoms with Gasteiger partial charge in [0.1, 0.15) is 0 Å². The topological polar surface area (TPSA) is 75.6 Å². The Morgan fingerprint density at radius 3 is 2.39 bits per heavy atom. The molecule has 0 aliphatic heterocycles. The highest BCUT2D eigenvalue weighted by molar-refractivity contribution is 5.69. The van der Waals surface area contributed by atoms with Crippen molar-refractivity contribution < 1.29 is 19.4 Å². The number of unbranched alkanes of at least 4 members (excludes halogenated alkanes) is 1. The van der Waals surface area contributed by atoms with Crippen molar-refractivity contribution in [1.29, 1.82) is 0 Å². The molecule has 0 rings (SSSR count). The Morgan fingerprint density at radius 2 is 1.87 bits per heavy atom. The van der Waals surface area contributed by atoms with Crippen LogP contribution in [0.5, 0.6) is 0 Å². The first-order valence-corrected chi connectivity index (χ1v) is 8.10. The first kappa shape index (κ1) is 21.3. The predicted octanol–water partition coefficient (Wildman–Crippen LogP) is 3.68. The summed E-state index contributed by atoms with van der Waals surface area (Å²) < 4.78 is 5.25. The fraction of sp³-hybridized carbons (Fsp3) is 0.778. The van der Waals surface area contributed by atoms with Gasteiger partial charge in [0.2, 0.25) is 0 Å². The summed E-state index contributed by atoms with van der Waals surface area (Å²) in [6.45, 7) is 10.5. The first-order chi connectivity index (χ1) is 10.5. The van der Waals surface area contributed by atoms with E-state index < -0.39 is 12.1 Å². The molecule has 0 aromatic heterocycles. The average Bonchev–Trinajstić information content (AvgIpc) is 2.43. The number of aliphatic carboxylic acids is 1. The van der Waals surface area contributed by atoms with Gasteiger partial charge in [-0.2, -0.15) is 0 Å². The first-order valence-electron chi connectivity index (χ1n) is 8.10. The van der Waals surface area contributed by atoms with Gasteiger partial charge in [0.15, 0.2) is 0 Å². The monoisotopic (exact) mass is 325 g/mol. The van der Waals surface area contributed by atoms with Crippen molar-refractivity contribution in [2.24, 2.45) is 16.7 Å². The summed E-state index contributed by atoms with van der Waals surface area (Å²) in [6.07, 6.45) is 7.92. The molecule has 5 nitrogen and oxygen atoms in total. The lowest BCUT2D eigenvalue weighted by Gasteiger charge is -2.31. The van der Waals surface area contributed by atoms with E-state index >= 15 is 0 Å². The summed E-state index contributed by atoms with van der Waals surface area (Å²) in [7, 11) is 0. The lowest BCUT2D eigenvalue weighted by molar-refractivity contribution is -0.141. The van der Waals surface area contributed by atoms with E-state index in [-0.39, 0.29) is 16.7 Å². The molecule has 0 aliphatic rings. The molecule has 2 N–H and O–H groups in total. The largest absolute Gasteiger partial charge is 0.481 e. The minimum Gasteiger partial charge on any atom is -0.481 e. The van der Waals surface area contributed by atoms with Crippen LogP contribution in [0, 0.1) is 29.1 Å². The smallest absolute Gasteiger partial charge is 0.407 e. The molecule has 0 fully saturated rings. The Bertz CT molecular complexity index is 435. The van der Waals surface area contributed by atoms with Gasteiger partial charge in [0.25, 0.3) is 0 Å². The third-order valence-corrected chi connectivity index (χ3v) is 3.66. The number of rotatable bonds is 10. The number of hydrogen-bond donors (Lipinski definition) is 2. The van der Waals surface area contributed by atoms with Crippen molar-refractivity contribution >= 4 is 12.1 Å². The van der Waals surface area contributed by atoms with E-state index in [2.05, 4.69) is 11.2 Å². The van der Waals surface area contributed by atoms with Crippen molar-refractivity contribution in [2.75, 3.05) is 13.2 Å². The van der Waals surface area contributed by atoms with Gasteiger partial charge in [-0.25, -0.2) is 4.79 Å². The van der Waals surface area contributed by atoms with Crippen LogP contribution in [0.4, 0.5) is 4.79 Å². The van der Waals surface area contributed by atoms with Crippen LogP contribution in [0.3, 0.4) is 0 Å². The zero-order chi connectivity index (χ0) is 18.1. The predicted molar refractivity (Wildman–Crippen MR) is 91.0 cm³/mol. The van der Waals surface area contributed by atoms with Gasteiger partial charge in [-0.15, -0.1) is 12.3 Å². The molecule has 132 valence electrons. The Labute approximate surface area is 140 Å². The highest BCUT2D eigenvalue weighted by atomic mass is 16.5. The maximum atomic E-state index is 11.7. The van der Waals surface area contributed by atoms with E-state index in [1.54, 1.807) is 6.92 Å². The molecule has 0 aromatic rings. The van der Waals surface area contributed by atoms with Gasteiger partial charge in [-0.3, -0.25) is 4.79 Å². The second-order valence-electron chi connectivity index (χ2n) is 7.61. The molecule has 1 amide bonds. The molecule has 0 heterocycles. The number of carbonyl (C=O) groups is 2. The van der Waals surface area contributed by atoms with E-state index in [9.17, 15) is 9.59 Å². The zero-order valence-corrected chi connectivity index (χ0v) is 15.1. The molecular weight excluding hydrogens is 294 g/mol. The number of ether oxygens (including phenoxy) is 1. The van der Waals surface area contributed by atoms with Crippen molar-refractivity contribution in [3.05, 3.63) is 0 Å². The van der Waals surface area contributed by atoms with Crippen LogP contribution in [0.15, 0.2) is 0 Å². The quantitative estimate of drug-likeness (QED) is 0.474. The van der Waals surface area contributed by atoms with Gasteiger partial charge in [0, 0.05) is 17.4 Å². The molecule has 0 unspecified atom stereocenters. The second kappa shape index (κ2) is 9.44. The van der Waals surface area contributed by atoms with Crippen LogP contribution in [0.25, 0.3) is 0 Å². The summed E-state index contributed by atoms with van der Waals surface area (Å²) in [5.74, 6) is 1.62. The SMILES string of the molecule is C#CC(C)(C)CC(C)(C)COC(=O)NCCCC[C@H](C)C(=O)O. The minimum absolute atomic E-state index is 0.190. The van der Waals surface area contributed by atoms with Gasteiger partial charge in [-0.05, 0) is 33.1 Å². The fourth-order valence-corrected chi connectivity index (χ4v) is 2.50. The van der Waals surface area contributed by atoms with Crippen molar-refractivity contribution in [3.8, 4) is 12.3 Å². The molecule has 0 radical (unpaired) electrons. The standard InChI is InChI=1S/C18H31NO4/c1-7-17(3,4)12-18(5,6)13-23-16(22)19-11-9-8-10-14(2)15(20)21/h1,14H,8-13H2,2-6H3,(H,19,22)(H,20,21)/t14-/m0/s1. The number of carboxylic acids is 1. The molecule has 0 aromatic carbocycles. The molecule has 0 saturated carbocycles. The molecule has 0 aliphatic carbocycles. The summed E-state index contributed by atoms with van der Waals surface area (Å²) in [4.78, 5) is 22.3. The van der Waals surface area contributed by atoms with E-state index in [4.69, 9.17) is 16.3 Å². The van der Waals surface area contributed by atoms with Crippen LogP contribution in [0.1, 0.15) is 60.3 Å². The van der Waals surface area contributed by atoms with E-state index in [1.165, 1.54) is 0 Å². The number of terminal acetylenes is 1. The Balaban J connectivity index is 3.91. The van der Waals surface area contributed by atoms with Crippen molar-refractivity contribution in [2.45, 2.75) is 60.3 Å². The summed E-state index contributed by atoms with van der Waals surface area (Å²) in [5, 5.41) is 11.5. The van der Waals surface area contributed by atoms with Gasteiger partial charge in [-0.1, -0.05) is 27.2 Å². The maximum absolute atomic E-state index is 11.7. The third kappa shape index (κ3) is 10.6. The van der Waals surface area contributed by atoms with Crippen molar-refractivity contribution in [3.63, 3.8) is 0 Å². The summed E-state index contributed by atoms with van der Waals surface area (Å²) in [5.41, 5.74) is -0.422. The Kier molecular flexibility index (Phi) is 8.74. The van der Waals surface area contributed by atoms with E-state index in [0.717, 1.165) is 19.3 Å². The highest BCUT2D eigenvalue weighted by Gasteiger charge is 2.28. The minimum atomic E-state index is -0.783. The molecule has 0 spiro atoms. The number of carboxylic acid groups (broad SMARTS) is 1. The number of carbonyl (C=O) groups excluding carboxylic acids is 1. The second-order valence-corrected chi connectivity index (χ2v) is 7.61. The Morgan fingerprint density at radius 1 is 1.26 bits per heavy atom. The highest BCUT2D eigenvalue weighted by Crippen LogP contribution is 2.33. The number of hydrogen-bond acceptors (Lipinski definition) is 3. The number of alkyl carbamates (subject to hydrolysis) is 1. The van der Waals surface area contributed by atoms with Gasteiger partial charge in [0.05, 0.1) is 12.5 Å². The normalized spacial score (nSPS) is 13.0. The molecule has 5 heteroatoms. The molecule has 1 atom stereocenters. The van der Waals surface area contributed by atoms with Crippen LogP contribution in [0.2, 0.25) is 0 Å². The zero-order valence-electron chi connectivity index (χ0n) is 15.1. The molecule has 23 heavy (non-hydrogen) atoms. The number of nitrogens with one attached hydrogen (secondary N) is 1. The lowest BCUT2D eigenvalue weighted by atomic mass is 9.76. The van der Waals surface area contributed by atoms with Crippen LogP contribution >= 0.6 is 0 Å². The van der Waals surface area contributed by atoms with Crippen LogP contribution in [-0.4, -0.2) is 30.3 Å². The molecule has 0 saturated heterocycles. The van der Waals surface area contributed by atoms with Gasteiger partial charge >= 0.3 is 12.1 Å². The summed E-state index contributed by atoms with van der Waals surface area (Å²) >= 11 is 0. The Hall–Kier alpha value is -1.70.